The fourth-order valence-corrected chi connectivity index (χ4v) is 3.40. The van der Waals surface area contributed by atoms with Gasteiger partial charge in [0, 0.05) is 37.8 Å². The van der Waals surface area contributed by atoms with E-state index in [-0.39, 0.29) is 23.8 Å². The van der Waals surface area contributed by atoms with Gasteiger partial charge >= 0.3 is 0 Å². The first kappa shape index (κ1) is 14.4. The van der Waals surface area contributed by atoms with Crippen LogP contribution in [0.25, 0.3) is 0 Å². The number of piperidine rings is 1. The van der Waals surface area contributed by atoms with Crippen LogP contribution in [0.1, 0.15) is 30.9 Å². The van der Waals surface area contributed by atoms with E-state index in [4.69, 9.17) is 9.15 Å². The quantitative estimate of drug-likeness (QED) is 0.868. The van der Waals surface area contributed by atoms with Crippen LogP contribution in [-0.2, 0) is 4.79 Å². The smallest absolute Gasteiger partial charge is 0.226 e. The SMILES string of the molecule is O=C([C@H]1C[C@H]1c1ccco1)N1CCC(Oc2ccccc2)CC1. The standard InChI is InChI=1S/C19H21NO3/c21-19(17-13-16(17)18-7-4-12-22-18)20-10-8-15(9-11-20)23-14-5-2-1-3-6-14/h1-7,12,15-17H,8-11,13H2/t16-,17+/m1/s1. The van der Waals surface area contributed by atoms with Gasteiger partial charge in [-0.1, -0.05) is 18.2 Å². The number of ether oxygens (including phenoxy) is 1. The minimum absolute atomic E-state index is 0.118. The molecule has 4 nitrogen and oxygen atoms in total. The summed E-state index contributed by atoms with van der Waals surface area (Å²) in [5, 5.41) is 0. The van der Waals surface area contributed by atoms with E-state index in [1.54, 1.807) is 6.26 Å². The van der Waals surface area contributed by atoms with Crippen molar-refractivity contribution in [3.05, 3.63) is 54.5 Å². The highest BCUT2D eigenvalue weighted by molar-refractivity contribution is 5.83. The minimum atomic E-state index is 0.118. The number of para-hydroxylation sites is 1. The Bertz CT molecular complexity index is 645. The molecule has 0 bridgehead atoms. The second-order valence-corrected chi connectivity index (χ2v) is 6.42. The van der Waals surface area contributed by atoms with Crippen molar-refractivity contribution in [2.24, 2.45) is 5.92 Å². The van der Waals surface area contributed by atoms with Gasteiger partial charge in [0.25, 0.3) is 0 Å². The maximum atomic E-state index is 12.6. The molecule has 1 saturated heterocycles. The van der Waals surface area contributed by atoms with E-state index in [9.17, 15) is 4.79 Å². The molecule has 1 aromatic heterocycles. The van der Waals surface area contributed by atoms with Crippen molar-refractivity contribution < 1.29 is 13.9 Å². The van der Waals surface area contributed by atoms with Crippen LogP contribution in [0.2, 0.25) is 0 Å². The molecule has 4 rings (SSSR count). The van der Waals surface area contributed by atoms with E-state index in [0.29, 0.717) is 0 Å². The predicted molar refractivity (Wildman–Crippen MR) is 86.2 cm³/mol. The van der Waals surface area contributed by atoms with Gasteiger partial charge < -0.3 is 14.1 Å². The van der Waals surface area contributed by atoms with Crippen LogP contribution in [-0.4, -0.2) is 30.0 Å². The first-order valence-electron chi connectivity index (χ1n) is 8.35. The second kappa shape index (κ2) is 6.11. The summed E-state index contributed by atoms with van der Waals surface area (Å²) in [6.07, 6.45) is 4.62. The zero-order chi connectivity index (χ0) is 15.6. The van der Waals surface area contributed by atoms with Gasteiger partial charge in [-0.2, -0.15) is 0 Å². The Labute approximate surface area is 136 Å². The number of hydrogen-bond acceptors (Lipinski definition) is 3. The van der Waals surface area contributed by atoms with E-state index in [2.05, 4.69) is 0 Å². The molecule has 2 heterocycles. The van der Waals surface area contributed by atoms with Gasteiger partial charge in [-0.3, -0.25) is 4.79 Å². The van der Waals surface area contributed by atoms with Gasteiger partial charge in [0.05, 0.1) is 6.26 Å². The van der Waals surface area contributed by atoms with Crippen LogP contribution in [0.5, 0.6) is 5.75 Å². The fourth-order valence-electron chi connectivity index (χ4n) is 3.40. The number of rotatable bonds is 4. The highest BCUT2D eigenvalue weighted by Gasteiger charge is 2.47. The van der Waals surface area contributed by atoms with Crippen LogP contribution in [0.4, 0.5) is 0 Å². The van der Waals surface area contributed by atoms with Crippen molar-refractivity contribution >= 4 is 5.91 Å². The van der Waals surface area contributed by atoms with Crippen molar-refractivity contribution in [1.29, 1.82) is 0 Å². The highest BCUT2D eigenvalue weighted by Crippen LogP contribution is 2.48. The molecule has 120 valence electrons. The third-order valence-corrected chi connectivity index (χ3v) is 4.82. The van der Waals surface area contributed by atoms with Crippen molar-refractivity contribution in [3.8, 4) is 5.75 Å². The topological polar surface area (TPSA) is 42.7 Å². The summed E-state index contributed by atoms with van der Waals surface area (Å²) >= 11 is 0. The van der Waals surface area contributed by atoms with E-state index in [0.717, 1.165) is 43.9 Å². The lowest BCUT2D eigenvalue weighted by Gasteiger charge is -2.32. The molecule has 2 atom stereocenters. The summed E-state index contributed by atoms with van der Waals surface area (Å²) in [4.78, 5) is 14.6. The molecule has 1 amide bonds. The Kier molecular flexibility index (Phi) is 3.82. The molecule has 0 N–H and O–H groups in total. The Hall–Kier alpha value is -2.23. The Balaban J connectivity index is 1.28. The number of furan rings is 1. The molecule has 2 aliphatic rings. The normalized spacial score (nSPS) is 24.4. The molecule has 4 heteroatoms. The number of carbonyl (C=O) groups excluding carboxylic acids is 1. The molecular weight excluding hydrogens is 290 g/mol. The first-order valence-corrected chi connectivity index (χ1v) is 8.35. The maximum absolute atomic E-state index is 12.6. The number of likely N-dealkylation sites (tertiary alicyclic amines) is 1. The Morgan fingerprint density at radius 1 is 1.09 bits per heavy atom. The molecule has 1 aliphatic heterocycles. The number of benzene rings is 1. The minimum Gasteiger partial charge on any atom is -0.490 e. The zero-order valence-corrected chi connectivity index (χ0v) is 13.1. The average Bonchev–Trinajstić information content (AvgIpc) is 3.21. The summed E-state index contributed by atoms with van der Waals surface area (Å²) in [5.74, 6) is 2.55. The first-order chi connectivity index (χ1) is 11.3. The van der Waals surface area contributed by atoms with Crippen molar-refractivity contribution in [2.45, 2.75) is 31.3 Å². The lowest BCUT2D eigenvalue weighted by Crippen LogP contribution is -2.42. The van der Waals surface area contributed by atoms with Crippen LogP contribution >= 0.6 is 0 Å². The lowest BCUT2D eigenvalue weighted by molar-refractivity contribution is -0.134. The summed E-state index contributed by atoms with van der Waals surface area (Å²) < 4.78 is 11.4. The molecule has 0 radical (unpaired) electrons. The summed E-state index contributed by atoms with van der Waals surface area (Å²) in [7, 11) is 0. The molecule has 0 unspecified atom stereocenters. The number of carbonyl (C=O) groups is 1. The van der Waals surface area contributed by atoms with Crippen LogP contribution in [0, 0.1) is 5.92 Å². The van der Waals surface area contributed by atoms with Gasteiger partial charge in [-0.15, -0.1) is 0 Å². The monoisotopic (exact) mass is 311 g/mol. The van der Waals surface area contributed by atoms with Crippen LogP contribution < -0.4 is 4.74 Å². The van der Waals surface area contributed by atoms with Crippen molar-refractivity contribution in [1.82, 2.24) is 4.90 Å². The maximum Gasteiger partial charge on any atom is 0.226 e. The number of nitrogens with zero attached hydrogens (tertiary/aromatic N) is 1. The molecule has 2 aromatic rings. The van der Waals surface area contributed by atoms with Gasteiger partial charge in [0.2, 0.25) is 5.91 Å². The van der Waals surface area contributed by atoms with E-state index >= 15 is 0 Å². The van der Waals surface area contributed by atoms with Gasteiger partial charge in [-0.25, -0.2) is 0 Å². The molecule has 2 fully saturated rings. The van der Waals surface area contributed by atoms with Crippen LogP contribution in [0.3, 0.4) is 0 Å². The second-order valence-electron chi connectivity index (χ2n) is 6.42. The van der Waals surface area contributed by atoms with Crippen molar-refractivity contribution in [3.63, 3.8) is 0 Å². The van der Waals surface area contributed by atoms with E-state index < -0.39 is 0 Å². The Morgan fingerprint density at radius 2 is 1.87 bits per heavy atom. The number of amides is 1. The largest absolute Gasteiger partial charge is 0.490 e. The summed E-state index contributed by atoms with van der Waals surface area (Å²) in [6.45, 7) is 1.58. The molecule has 1 saturated carbocycles. The fraction of sp³-hybridized carbons (Fsp3) is 0.421. The van der Waals surface area contributed by atoms with E-state index in [1.165, 1.54) is 0 Å². The van der Waals surface area contributed by atoms with Crippen LogP contribution in [0.15, 0.2) is 53.1 Å². The molecule has 1 aromatic carbocycles. The third-order valence-electron chi connectivity index (χ3n) is 4.82. The average molecular weight is 311 g/mol. The predicted octanol–water partition coefficient (Wildman–Crippen LogP) is 3.45. The molecule has 23 heavy (non-hydrogen) atoms. The highest BCUT2D eigenvalue weighted by atomic mass is 16.5. The van der Waals surface area contributed by atoms with Gasteiger partial charge in [-0.05, 0) is 30.7 Å². The molecule has 1 aliphatic carbocycles. The van der Waals surface area contributed by atoms with E-state index in [1.807, 2.05) is 47.4 Å². The lowest BCUT2D eigenvalue weighted by atomic mass is 10.1. The Morgan fingerprint density at radius 3 is 2.57 bits per heavy atom. The van der Waals surface area contributed by atoms with Gasteiger partial charge in [0.1, 0.15) is 17.6 Å². The summed E-state index contributed by atoms with van der Waals surface area (Å²) in [5.41, 5.74) is 0. The van der Waals surface area contributed by atoms with Gasteiger partial charge in [0.15, 0.2) is 0 Å². The third kappa shape index (κ3) is 3.11. The molecular formula is C19H21NO3. The zero-order valence-electron chi connectivity index (χ0n) is 13.1. The van der Waals surface area contributed by atoms with Crippen molar-refractivity contribution in [2.75, 3.05) is 13.1 Å². The molecule has 0 spiro atoms. The summed E-state index contributed by atoms with van der Waals surface area (Å²) in [6, 6.07) is 13.8. The number of hydrogen-bond donors (Lipinski definition) is 0.